The molecule has 0 bridgehead atoms. The number of hydrogen-bond acceptors (Lipinski definition) is 4. The number of hydrogen-bond donors (Lipinski definition) is 0. The number of rotatable bonds is 5. The van der Waals surface area contributed by atoms with E-state index in [2.05, 4.69) is 6.92 Å². The Kier molecular flexibility index (Phi) is 4.30. The topological polar surface area (TPSA) is 44.8 Å². The lowest BCUT2D eigenvalue weighted by atomic mass is 10.1. The number of ether oxygens (including phenoxy) is 3. The van der Waals surface area contributed by atoms with Crippen molar-refractivity contribution in [2.45, 2.75) is 26.2 Å². The van der Waals surface area contributed by atoms with Crippen LogP contribution in [0.5, 0.6) is 11.5 Å². The van der Waals surface area contributed by atoms with E-state index in [0.717, 1.165) is 29.0 Å². The Balaban J connectivity index is 2.22. The molecule has 1 aliphatic rings. The summed E-state index contributed by atoms with van der Waals surface area (Å²) in [6.07, 6.45) is 2.38. The first-order valence-electron chi connectivity index (χ1n) is 6.60. The summed E-state index contributed by atoms with van der Waals surface area (Å²) in [5.41, 5.74) is 2.30. The van der Waals surface area contributed by atoms with Crippen LogP contribution >= 0.6 is 0 Å². The van der Waals surface area contributed by atoms with E-state index < -0.39 is 0 Å². The SMILES string of the molecule is CCCOc1cc2c(cc1OC)CC(C(=O)OC)C2. The maximum absolute atomic E-state index is 11.6. The summed E-state index contributed by atoms with van der Waals surface area (Å²) in [5, 5.41) is 0. The third kappa shape index (κ3) is 2.83. The molecule has 1 aromatic rings. The molecule has 0 N–H and O–H groups in total. The summed E-state index contributed by atoms with van der Waals surface area (Å²) in [6, 6.07) is 3.97. The average Bonchev–Trinajstić information content (AvgIpc) is 2.85. The Labute approximate surface area is 113 Å². The fourth-order valence-electron chi connectivity index (χ4n) is 2.44. The van der Waals surface area contributed by atoms with E-state index >= 15 is 0 Å². The lowest BCUT2D eigenvalue weighted by Crippen LogP contribution is -2.15. The molecule has 1 aliphatic carbocycles. The second-order valence-electron chi connectivity index (χ2n) is 4.75. The van der Waals surface area contributed by atoms with Gasteiger partial charge in [-0.15, -0.1) is 0 Å². The molecule has 4 heteroatoms. The Morgan fingerprint density at radius 1 is 1.21 bits per heavy atom. The number of fused-ring (bicyclic) bond motifs is 1. The maximum atomic E-state index is 11.6. The van der Waals surface area contributed by atoms with E-state index in [-0.39, 0.29) is 11.9 Å². The molecule has 1 aromatic carbocycles. The van der Waals surface area contributed by atoms with Crippen LogP contribution in [-0.4, -0.2) is 26.8 Å². The van der Waals surface area contributed by atoms with E-state index in [4.69, 9.17) is 14.2 Å². The molecule has 0 saturated heterocycles. The predicted molar refractivity (Wildman–Crippen MR) is 71.7 cm³/mol. The van der Waals surface area contributed by atoms with E-state index in [1.807, 2.05) is 12.1 Å². The van der Waals surface area contributed by atoms with E-state index in [1.54, 1.807) is 7.11 Å². The summed E-state index contributed by atoms with van der Waals surface area (Å²) < 4.78 is 15.8. The Morgan fingerprint density at radius 3 is 2.37 bits per heavy atom. The summed E-state index contributed by atoms with van der Waals surface area (Å²) in [7, 11) is 3.06. The van der Waals surface area contributed by atoms with Crippen LogP contribution in [-0.2, 0) is 22.4 Å². The third-order valence-electron chi connectivity index (χ3n) is 3.41. The zero-order valence-electron chi connectivity index (χ0n) is 11.7. The van der Waals surface area contributed by atoms with Crippen LogP contribution < -0.4 is 9.47 Å². The monoisotopic (exact) mass is 264 g/mol. The molecular weight excluding hydrogens is 244 g/mol. The lowest BCUT2D eigenvalue weighted by Gasteiger charge is -2.12. The molecule has 0 spiro atoms. The minimum Gasteiger partial charge on any atom is -0.493 e. The van der Waals surface area contributed by atoms with Gasteiger partial charge in [0.2, 0.25) is 0 Å². The largest absolute Gasteiger partial charge is 0.493 e. The van der Waals surface area contributed by atoms with Gasteiger partial charge in [-0.25, -0.2) is 0 Å². The standard InChI is InChI=1S/C15H20O4/c1-4-5-19-14-9-11-7-12(15(16)18-3)6-10(11)8-13(14)17-2/h8-9,12H,4-7H2,1-3H3. The van der Waals surface area contributed by atoms with Crippen LogP contribution in [0.1, 0.15) is 24.5 Å². The number of methoxy groups -OCH3 is 2. The first-order valence-corrected chi connectivity index (χ1v) is 6.60. The molecular formula is C15H20O4. The molecule has 0 fully saturated rings. The van der Waals surface area contributed by atoms with Crippen molar-refractivity contribution in [1.82, 2.24) is 0 Å². The average molecular weight is 264 g/mol. The normalized spacial score (nSPS) is 16.9. The molecule has 1 atom stereocenters. The fraction of sp³-hybridized carbons (Fsp3) is 0.533. The minimum absolute atomic E-state index is 0.0777. The smallest absolute Gasteiger partial charge is 0.309 e. The Bertz CT molecular complexity index is 467. The van der Waals surface area contributed by atoms with Gasteiger partial charge in [0.25, 0.3) is 0 Å². The van der Waals surface area contributed by atoms with Crippen LogP contribution in [0, 0.1) is 5.92 Å². The van der Waals surface area contributed by atoms with Crippen molar-refractivity contribution in [3.05, 3.63) is 23.3 Å². The van der Waals surface area contributed by atoms with Crippen LogP contribution in [0.2, 0.25) is 0 Å². The number of carbonyl (C=O) groups excluding carboxylic acids is 1. The highest BCUT2D eigenvalue weighted by Gasteiger charge is 2.29. The van der Waals surface area contributed by atoms with Gasteiger partial charge in [0.1, 0.15) is 0 Å². The van der Waals surface area contributed by atoms with Crippen LogP contribution in [0.15, 0.2) is 12.1 Å². The molecule has 2 rings (SSSR count). The summed E-state index contributed by atoms with van der Waals surface area (Å²) in [6.45, 7) is 2.72. The molecule has 104 valence electrons. The fourth-order valence-corrected chi connectivity index (χ4v) is 2.44. The van der Waals surface area contributed by atoms with Crippen molar-refractivity contribution in [3.8, 4) is 11.5 Å². The van der Waals surface area contributed by atoms with Gasteiger partial charge in [-0.2, -0.15) is 0 Å². The Morgan fingerprint density at radius 2 is 1.84 bits per heavy atom. The predicted octanol–water partition coefficient (Wildman–Crippen LogP) is 2.37. The van der Waals surface area contributed by atoms with Gasteiger partial charge in [-0.1, -0.05) is 6.92 Å². The van der Waals surface area contributed by atoms with Gasteiger partial charge in [-0.05, 0) is 42.5 Å². The highest BCUT2D eigenvalue weighted by molar-refractivity contribution is 5.74. The summed E-state index contributed by atoms with van der Waals surface area (Å²) in [5.74, 6) is 1.27. The van der Waals surface area contributed by atoms with Crippen molar-refractivity contribution in [2.75, 3.05) is 20.8 Å². The highest BCUT2D eigenvalue weighted by Crippen LogP contribution is 2.37. The second kappa shape index (κ2) is 5.95. The first kappa shape index (κ1) is 13.7. The molecule has 0 amide bonds. The van der Waals surface area contributed by atoms with Crippen LogP contribution in [0.25, 0.3) is 0 Å². The lowest BCUT2D eigenvalue weighted by molar-refractivity contribution is -0.145. The molecule has 0 saturated carbocycles. The quantitative estimate of drug-likeness (QED) is 0.766. The molecule has 0 heterocycles. The van der Waals surface area contributed by atoms with Crippen LogP contribution in [0.4, 0.5) is 0 Å². The summed E-state index contributed by atoms with van der Waals surface area (Å²) in [4.78, 5) is 11.6. The van der Waals surface area contributed by atoms with Gasteiger partial charge in [0.05, 0.1) is 26.7 Å². The zero-order chi connectivity index (χ0) is 13.8. The van der Waals surface area contributed by atoms with Crippen molar-refractivity contribution in [3.63, 3.8) is 0 Å². The Hall–Kier alpha value is -1.71. The summed E-state index contributed by atoms with van der Waals surface area (Å²) >= 11 is 0. The zero-order valence-corrected chi connectivity index (χ0v) is 11.7. The van der Waals surface area contributed by atoms with Gasteiger partial charge in [0, 0.05) is 0 Å². The third-order valence-corrected chi connectivity index (χ3v) is 3.41. The molecule has 4 nitrogen and oxygen atoms in total. The molecule has 0 aromatic heterocycles. The van der Waals surface area contributed by atoms with Gasteiger partial charge < -0.3 is 14.2 Å². The van der Waals surface area contributed by atoms with Crippen molar-refractivity contribution >= 4 is 5.97 Å². The van der Waals surface area contributed by atoms with Crippen molar-refractivity contribution < 1.29 is 19.0 Å². The number of esters is 1. The van der Waals surface area contributed by atoms with E-state index in [1.165, 1.54) is 7.11 Å². The van der Waals surface area contributed by atoms with Crippen molar-refractivity contribution in [2.24, 2.45) is 5.92 Å². The minimum atomic E-state index is -0.147. The van der Waals surface area contributed by atoms with Crippen molar-refractivity contribution in [1.29, 1.82) is 0 Å². The number of carbonyl (C=O) groups is 1. The molecule has 1 unspecified atom stereocenters. The second-order valence-corrected chi connectivity index (χ2v) is 4.75. The number of benzene rings is 1. The van der Waals surface area contributed by atoms with Gasteiger partial charge in [0.15, 0.2) is 11.5 Å². The first-order chi connectivity index (χ1) is 9.19. The van der Waals surface area contributed by atoms with Gasteiger partial charge >= 0.3 is 5.97 Å². The highest BCUT2D eigenvalue weighted by atomic mass is 16.5. The molecule has 19 heavy (non-hydrogen) atoms. The van der Waals surface area contributed by atoms with Gasteiger partial charge in [-0.3, -0.25) is 4.79 Å². The maximum Gasteiger partial charge on any atom is 0.309 e. The van der Waals surface area contributed by atoms with Crippen LogP contribution in [0.3, 0.4) is 0 Å². The van der Waals surface area contributed by atoms with E-state index in [0.29, 0.717) is 19.4 Å². The van der Waals surface area contributed by atoms with E-state index in [9.17, 15) is 4.79 Å². The molecule has 0 radical (unpaired) electrons. The molecule has 0 aliphatic heterocycles.